The number of hydrogen-bond acceptors (Lipinski definition) is 4. The van der Waals surface area contributed by atoms with Crippen molar-refractivity contribution in [2.45, 2.75) is 33.2 Å². The summed E-state index contributed by atoms with van der Waals surface area (Å²) < 4.78 is 6.90. The van der Waals surface area contributed by atoms with Crippen LogP contribution in [-0.4, -0.2) is 19.9 Å². The van der Waals surface area contributed by atoms with E-state index in [2.05, 4.69) is 22.2 Å². The zero-order valence-electron chi connectivity index (χ0n) is 8.97. The molecule has 0 N–H and O–H groups in total. The van der Waals surface area contributed by atoms with Crippen molar-refractivity contribution >= 4 is 0 Å². The summed E-state index contributed by atoms with van der Waals surface area (Å²) in [7, 11) is 0. The van der Waals surface area contributed by atoms with Gasteiger partial charge >= 0.3 is 0 Å². The Morgan fingerprint density at radius 2 is 2.33 bits per heavy atom. The molecular weight excluding hydrogens is 192 g/mol. The molecule has 0 atom stereocenters. The Morgan fingerprint density at radius 3 is 3.00 bits per heavy atom. The molecule has 0 bridgehead atoms. The lowest BCUT2D eigenvalue weighted by Crippen LogP contribution is -2.00. The molecule has 0 aliphatic rings. The van der Waals surface area contributed by atoms with Gasteiger partial charge in [0.15, 0.2) is 5.82 Å². The molecule has 2 aromatic heterocycles. The molecule has 2 aromatic rings. The number of aryl methyl sites for hydroxylation is 2. The molecule has 80 valence electrons. The van der Waals surface area contributed by atoms with Gasteiger partial charge < -0.3 is 4.52 Å². The third-order valence-corrected chi connectivity index (χ3v) is 2.06. The molecule has 2 heterocycles. The maximum absolute atomic E-state index is 5.11. The zero-order valence-corrected chi connectivity index (χ0v) is 8.97. The fraction of sp³-hybridized carbons (Fsp3) is 0.500. The lowest BCUT2D eigenvalue weighted by atomic mass is 10.3. The van der Waals surface area contributed by atoms with Gasteiger partial charge in [-0.25, -0.2) is 0 Å². The first-order chi connectivity index (χ1) is 7.28. The second-order valence-electron chi connectivity index (χ2n) is 3.51. The van der Waals surface area contributed by atoms with Crippen molar-refractivity contribution < 1.29 is 4.52 Å². The van der Waals surface area contributed by atoms with Crippen LogP contribution in [0.3, 0.4) is 0 Å². The highest BCUT2D eigenvalue weighted by atomic mass is 16.5. The molecule has 5 heteroatoms. The average molecular weight is 206 g/mol. The Balaban J connectivity index is 2.04. The molecule has 0 spiro atoms. The average Bonchev–Trinajstić information content (AvgIpc) is 2.78. The van der Waals surface area contributed by atoms with Crippen molar-refractivity contribution in [3.63, 3.8) is 0 Å². The van der Waals surface area contributed by atoms with Crippen molar-refractivity contribution in [1.82, 2.24) is 19.9 Å². The summed E-state index contributed by atoms with van der Waals surface area (Å²) in [4.78, 5) is 4.27. The van der Waals surface area contributed by atoms with E-state index in [1.54, 1.807) is 4.68 Å². The van der Waals surface area contributed by atoms with Crippen LogP contribution in [0.5, 0.6) is 0 Å². The van der Waals surface area contributed by atoms with Gasteiger partial charge in [0.2, 0.25) is 5.89 Å². The zero-order chi connectivity index (χ0) is 10.7. The number of nitrogens with zero attached hydrogens (tertiary/aromatic N) is 4. The van der Waals surface area contributed by atoms with Gasteiger partial charge in [0.05, 0.1) is 5.69 Å². The first kappa shape index (κ1) is 9.89. The van der Waals surface area contributed by atoms with Gasteiger partial charge in [-0.05, 0) is 19.4 Å². The first-order valence-corrected chi connectivity index (χ1v) is 5.09. The summed E-state index contributed by atoms with van der Waals surface area (Å²) in [6.07, 6.45) is 3.79. The summed E-state index contributed by atoms with van der Waals surface area (Å²) in [6.45, 7) is 4.59. The minimum Gasteiger partial charge on any atom is -0.337 e. The Bertz CT molecular complexity index is 432. The van der Waals surface area contributed by atoms with Crippen LogP contribution in [0.15, 0.2) is 16.8 Å². The predicted molar refractivity (Wildman–Crippen MR) is 54.4 cm³/mol. The maximum Gasteiger partial charge on any atom is 0.248 e. The van der Waals surface area contributed by atoms with Crippen LogP contribution in [-0.2, 0) is 13.0 Å². The molecule has 0 amide bonds. The summed E-state index contributed by atoms with van der Waals surface area (Å²) in [6, 6.07) is 1.95. The monoisotopic (exact) mass is 206 g/mol. The topological polar surface area (TPSA) is 56.7 Å². The second-order valence-corrected chi connectivity index (χ2v) is 3.51. The van der Waals surface area contributed by atoms with Crippen molar-refractivity contribution in [3.8, 4) is 0 Å². The van der Waals surface area contributed by atoms with Crippen LogP contribution < -0.4 is 0 Å². The molecule has 15 heavy (non-hydrogen) atoms. The van der Waals surface area contributed by atoms with Crippen LogP contribution in [0.4, 0.5) is 0 Å². The molecule has 0 radical (unpaired) electrons. The van der Waals surface area contributed by atoms with Gasteiger partial charge in [0.1, 0.15) is 6.54 Å². The molecule has 5 nitrogen and oxygen atoms in total. The van der Waals surface area contributed by atoms with Crippen LogP contribution in [0.1, 0.15) is 30.8 Å². The van der Waals surface area contributed by atoms with E-state index in [9.17, 15) is 0 Å². The Kier molecular flexibility index (Phi) is 2.80. The molecule has 0 saturated heterocycles. The molecule has 2 rings (SSSR count). The van der Waals surface area contributed by atoms with Crippen LogP contribution in [0.25, 0.3) is 0 Å². The van der Waals surface area contributed by atoms with E-state index < -0.39 is 0 Å². The van der Waals surface area contributed by atoms with E-state index in [1.165, 1.54) is 0 Å². The van der Waals surface area contributed by atoms with Crippen molar-refractivity contribution in [3.05, 3.63) is 29.7 Å². The van der Waals surface area contributed by atoms with E-state index in [-0.39, 0.29) is 0 Å². The predicted octanol–water partition coefficient (Wildman–Crippen LogP) is 1.58. The number of rotatable bonds is 4. The maximum atomic E-state index is 5.11. The second kappa shape index (κ2) is 4.25. The highest BCUT2D eigenvalue weighted by Crippen LogP contribution is 2.02. The molecule has 0 unspecified atom stereocenters. The Morgan fingerprint density at radius 1 is 1.47 bits per heavy atom. The number of aromatic nitrogens is 4. The van der Waals surface area contributed by atoms with Crippen molar-refractivity contribution in [2.24, 2.45) is 0 Å². The SMILES string of the molecule is CCCc1noc(Cn2ccc(C)n2)n1. The van der Waals surface area contributed by atoms with Gasteiger partial charge in [0.25, 0.3) is 0 Å². The molecule has 0 aliphatic heterocycles. The third-order valence-electron chi connectivity index (χ3n) is 2.06. The van der Waals surface area contributed by atoms with E-state index in [0.29, 0.717) is 12.4 Å². The van der Waals surface area contributed by atoms with Gasteiger partial charge in [-0.1, -0.05) is 12.1 Å². The minimum atomic E-state index is 0.546. The van der Waals surface area contributed by atoms with Crippen LogP contribution in [0, 0.1) is 6.92 Å². The molecular formula is C10H14N4O. The standard InChI is InChI=1S/C10H14N4O/c1-3-4-9-11-10(15-13-9)7-14-6-5-8(2)12-14/h5-6H,3-4,7H2,1-2H3. The van der Waals surface area contributed by atoms with Crippen LogP contribution >= 0.6 is 0 Å². The summed E-state index contributed by atoms with van der Waals surface area (Å²) >= 11 is 0. The fourth-order valence-electron chi connectivity index (χ4n) is 1.37. The summed E-state index contributed by atoms with van der Waals surface area (Å²) in [5.41, 5.74) is 0.989. The first-order valence-electron chi connectivity index (χ1n) is 5.09. The summed E-state index contributed by atoms with van der Waals surface area (Å²) in [5, 5.41) is 8.13. The highest BCUT2D eigenvalue weighted by Gasteiger charge is 2.06. The normalized spacial score (nSPS) is 10.8. The highest BCUT2D eigenvalue weighted by molar-refractivity contribution is 4.96. The Labute approximate surface area is 88.1 Å². The molecule has 0 aliphatic carbocycles. The largest absolute Gasteiger partial charge is 0.337 e. The van der Waals surface area contributed by atoms with Gasteiger partial charge in [-0.2, -0.15) is 10.1 Å². The van der Waals surface area contributed by atoms with Crippen LogP contribution in [0.2, 0.25) is 0 Å². The molecule has 0 aromatic carbocycles. The van der Waals surface area contributed by atoms with E-state index in [1.807, 2.05) is 19.2 Å². The molecule has 0 saturated carbocycles. The van der Waals surface area contributed by atoms with E-state index >= 15 is 0 Å². The quantitative estimate of drug-likeness (QED) is 0.762. The number of hydrogen-bond donors (Lipinski definition) is 0. The third kappa shape index (κ3) is 2.43. The molecule has 0 fully saturated rings. The van der Waals surface area contributed by atoms with Gasteiger partial charge in [-0.15, -0.1) is 0 Å². The summed E-state index contributed by atoms with van der Waals surface area (Å²) in [5.74, 6) is 1.39. The van der Waals surface area contributed by atoms with E-state index in [4.69, 9.17) is 4.52 Å². The lowest BCUT2D eigenvalue weighted by molar-refractivity contribution is 0.361. The fourth-order valence-corrected chi connectivity index (χ4v) is 1.37. The van der Waals surface area contributed by atoms with Gasteiger partial charge in [0, 0.05) is 12.6 Å². The van der Waals surface area contributed by atoms with E-state index in [0.717, 1.165) is 24.4 Å². The van der Waals surface area contributed by atoms with Crippen molar-refractivity contribution in [2.75, 3.05) is 0 Å². The van der Waals surface area contributed by atoms with Gasteiger partial charge in [-0.3, -0.25) is 4.68 Å². The lowest BCUT2D eigenvalue weighted by Gasteiger charge is -1.93. The minimum absolute atomic E-state index is 0.546. The Hall–Kier alpha value is -1.65. The smallest absolute Gasteiger partial charge is 0.248 e. The van der Waals surface area contributed by atoms with Crippen molar-refractivity contribution in [1.29, 1.82) is 0 Å².